The van der Waals surface area contributed by atoms with Crippen LogP contribution in [0, 0.1) is 0 Å². The van der Waals surface area contributed by atoms with Gasteiger partial charge >= 0.3 is 12.1 Å². The molecule has 1 atom stereocenters. The summed E-state index contributed by atoms with van der Waals surface area (Å²) in [5.41, 5.74) is 3.25. The third kappa shape index (κ3) is 3.48. The van der Waals surface area contributed by atoms with Gasteiger partial charge in [-0.3, -0.25) is 0 Å². The largest absolute Gasteiger partial charge is 0.479 e. The van der Waals surface area contributed by atoms with Gasteiger partial charge in [0.05, 0.1) is 0 Å². The maximum atomic E-state index is 12.6. The van der Waals surface area contributed by atoms with Crippen LogP contribution in [0.15, 0.2) is 77.3 Å². The Hall–Kier alpha value is -3.12. The maximum Gasteiger partial charge on any atom is 0.408 e. The van der Waals surface area contributed by atoms with Gasteiger partial charge in [-0.05, 0) is 35.2 Å². The van der Waals surface area contributed by atoms with Gasteiger partial charge in [0.2, 0.25) is 0 Å². The van der Waals surface area contributed by atoms with E-state index < -0.39 is 17.6 Å². The molecule has 5 nitrogen and oxygen atoms in total. The molecule has 2 N–H and O–H groups in total. The summed E-state index contributed by atoms with van der Waals surface area (Å²) in [6.45, 7) is 1.56. The van der Waals surface area contributed by atoms with Crippen LogP contribution in [0.5, 0.6) is 0 Å². The second-order valence-corrected chi connectivity index (χ2v) is 8.21. The lowest BCUT2D eigenvalue weighted by atomic mass is 9.92. The van der Waals surface area contributed by atoms with E-state index >= 15 is 0 Å². The molecule has 4 rings (SSSR count). The van der Waals surface area contributed by atoms with E-state index in [0.29, 0.717) is 10.0 Å². The summed E-state index contributed by atoms with van der Waals surface area (Å²) in [4.78, 5) is 24.6. The van der Waals surface area contributed by atoms with Crippen molar-refractivity contribution in [2.45, 2.75) is 18.4 Å². The number of carbonyl (C=O) groups excluding carboxylic acids is 1. The number of hydrogen-bond acceptors (Lipinski definition) is 3. The molecular formula is C24H20BrNO4. The van der Waals surface area contributed by atoms with E-state index in [1.165, 1.54) is 6.92 Å². The standard InChI is InChI=1S/C24H20BrNO4/c1-24(22(27)28,20-12-6-7-13-21(20)25)26-23(29)30-14-19-17-10-4-2-8-15(17)16-9-3-5-11-18(16)19/h2-13,19H,14H2,1H3,(H,26,29)(H,27,28). The molecule has 6 heteroatoms. The van der Waals surface area contributed by atoms with E-state index in [-0.39, 0.29) is 12.5 Å². The summed E-state index contributed by atoms with van der Waals surface area (Å²) in [5.74, 6) is -1.27. The van der Waals surface area contributed by atoms with Crippen molar-refractivity contribution in [3.63, 3.8) is 0 Å². The first-order chi connectivity index (χ1) is 14.4. The van der Waals surface area contributed by atoms with E-state index in [1.54, 1.807) is 24.3 Å². The Bertz CT molecular complexity index is 1080. The zero-order valence-electron chi connectivity index (χ0n) is 16.3. The monoisotopic (exact) mass is 465 g/mol. The van der Waals surface area contributed by atoms with Gasteiger partial charge in [-0.25, -0.2) is 9.59 Å². The number of rotatable bonds is 5. The summed E-state index contributed by atoms with van der Waals surface area (Å²) >= 11 is 3.36. The predicted molar refractivity (Wildman–Crippen MR) is 117 cm³/mol. The number of ether oxygens (including phenoxy) is 1. The Morgan fingerprint density at radius 3 is 2.07 bits per heavy atom. The molecule has 152 valence electrons. The smallest absolute Gasteiger partial charge is 0.408 e. The zero-order valence-corrected chi connectivity index (χ0v) is 17.8. The quantitative estimate of drug-likeness (QED) is 0.536. The molecule has 0 aromatic heterocycles. The molecule has 3 aromatic rings. The number of amides is 1. The fourth-order valence-electron chi connectivity index (χ4n) is 3.94. The molecule has 1 amide bonds. The van der Waals surface area contributed by atoms with Crippen LogP contribution in [0.1, 0.15) is 29.5 Å². The number of carboxylic acids is 1. The second kappa shape index (κ2) is 7.95. The van der Waals surface area contributed by atoms with E-state index in [2.05, 4.69) is 33.4 Å². The topological polar surface area (TPSA) is 75.6 Å². The van der Waals surface area contributed by atoms with Gasteiger partial charge in [0.1, 0.15) is 6.61 Å². The zero-order chi connectivity index (χ0) is 21.3. The Morgan fingerprint density at radius 2 is 1.50 bits per heavy atom. The van der Waals surface area contributed by atoms with Crippen molar-refractivity contribution in [1.82, 2.24) is 5.32 Å². The van der Waals surface area contributed by atoms with Crippen molar-refractivity contribution >= 4 is 28.0 Å². The van der Waals surface area contributed by atoms with E-state index in [9.17, 15) is 14.7 Å². The SMILES string of the molecule is CC(NC(=O)OCC1c2ccccc2-c2ccccc21)(C(=O)O)c1ccccc1Br. The van der Waals surface area contributed by atoms with Crippen LogP contribution in [0.4, 0.5) is 4.79 Å². The van der Waals surface area contributed by atoms with Crippen molar-refractivity contribution < 1.29 is 19.4 Å². The Labute approximate surface area is 182 Å². The predicted octanol–water partition coefficient (Wildman–Crippen LogP) is 5.29. The molecule has 1 aliphatic rings. The number of benzene rings is 3. The normalized spacial score (nSPS) is 14.3. The minimum atomic E-state index is -1.64. The van der Waals surface area contributed by atoms with E-state index in [0.717, 1.165) is 22.3 Å². The van der Waals surface area contributed by atoms with Crippen LogP contribution >= 0.6 is 15.9 Å². The summed E-state index contributed by atoms with van der Waals surface area (Å²) in [6.07, 6.45) is -0.780. The summed E-state index contributed by atoms with van der Waals surface area (Å²) in [5, 5.41) is 12.3. The first kappa shape index (κ1) is 20.2. The lowest BCUT2D eigenvalue weighted by Crippen LogP contribution is -2.50. The van der Waals surface area contributed by atoms with Gasteiger partial charge in [-0.1, -0.05) is 82.7 Å². The molecule has 0 heterocycles. The van der Waals surface area contributed by atoms with Gasteiger partial charge in [0.25, 0.3) is 0 Å². The molecule has 30 heavy (non-hydrogen) atoms. The molecule has 0 spiro atoms. The number of fused-ring (bicyclic) bond motifs is 3. The molecule has 1 aliphatic carbocycles. The third-order valence-electron chi connectivity index (χ3n) is 5.54. The first-order valence-electron chi connectivity index (χ1n) is 9.53. The highest BCUT2D eigenvalue weighted by Crippen LogP contribution is 2.44. The van der Waals surface area contributed by atoms with Crippen LogP contribution < -0.4 is 5.32 Å². The molecule has 0 saturated heterocycles. The average molecular weight is 466 g/mol. The number of carboxylic acid groups (broad SMARTS) is 1. The highest BCUT2D eigenvalue weighted by atomic mass is 79.9. The average Bonchev–Trinajstić information content (AvgIpc) is 3.06. The maximum absolute atomic E-state index is 12.6. The van der Waals surface area contributed by atoms with E-state index in [4.69, 9.17) is 4.74 Å². The Balaban J connectivity index is 1.54. The first-order valence-corrected chi connectivity index (χ1v) is 10.3. The van der Waals surface area contributed by atoms with Crippen LogP contribution in [-0.2, 0) is 15.1 Å². The van der Waals surface area contributed by atoms with Crippen molar-refractivity contribution in [2.75, 3.05) is 6.61 Å². The molecule has 0 aliphatic heterocycles. The van der Waals surface area contributed by atoms with Crippen LogP contribution in [0.2, 0.25) is 0 Å². The number of carbonyl (C=O) groups is 2. The van der Waals surface area contributed by atoms with Crippen molar-refractivity contribution in [3.8, 4) is 11.1 Å². The Morgan fingerprint density at radius 1 is 0.967 bits per heavy atom. The van der Waals surface area contributed by atoms with Crippen molar-refractivity contribution in [1.29, 1.82) is 0 Å². The minimum Gasteiger partial charge on any atom is -0.479 e. The molecule has 1 unspecified atom stereocenters. The molecule has 3 aromatic carbocycles. The van der Waals surface area contributed by atoms with Crippen LogP contribution in [0.25, 0.3) is 11.1 Å². The lowest BCUT2D eigenvalue weighted by molar-refractivity contribution is -0.144. The second-order valence-electron chi connectivity index (χ2n) is 7.36. The minimum absolute atomic E-state index is 0.0947. The number of alkyl carbamates (subject to hydrolysis) is 1. The Kier molecular flexibility index (Phi) is 5.35. The third-order valence-corrected chi connectivity index (χ3v) is 6.23. The van der Waals surface area contributed by atoms with Gasteiger partial charge < -0.3 is 15.2 Å². The van der Waals surface area contributed by atoms with E-state index in [1.807, 2.05) is 36.4 Å². The summed E-state index contributed by atoms with van der Waals surface area (Å²) in [6, 6.07) is 23.0. The van der Waals surface area contributed by atoms with Gasteiger partial charge in [-0.2, -0.15) is 0 Å². The van der Waals surface area contributed by atoms with Gasteiger partial charge in [0, 0.05) is 16.0 Å². The summed E-state index contributed by atoms with van der Waals surface area (Å²) < 4.78 is 6.11. The fourth-order valence-corrected chi connectivity index (χ4v) is 4.62. The van der Waals surface area contributed by atoms with Crippen molar-refractivity contribution in [2.24, 2.45) is 0 Å². The molecule has 0 radical (unpaired) electrons. The van der Waals surface area contributed by atoms with Gasteiger partial charge in [-0.15, -0.1) is 0 Å². The molecule has 0 saturated carbocycles. The highest BCUT2D eigenvalue weighted by Gasteiger charge is 2.39. The number of aliphatic carboxylic acids is 1. The highest BCUT2D eigenvalue weighted by molar-refractivity contribution is 9.10. The van der Waals surface area contributed by atoms with Gasteiger partial charge in [0.15, 0.2) is 5.54 Å². The summed E-state index contributed by atoms with van der Waals surface area (Å²) in [7, 11) is 0. The molecule has 0 bridgehead atoms. The van der Waals surface area contributed by atoms with Crippen LogP contribution in [0.3, 0.4) is 0 Å². The molecular weight excluding hydrogens is 446 g/mol. The molecule has 0 fully saturated rings. The number of halogens is 1. The number of hydrogen-bond donors (Lipinski definition) is 2. The number of nitrogens with one attached hydrogen (secondary N) is 1. The fraction of sp³-hybridized carbons (Fsp3) is 0.167. The lowest BCUT2D eigenvalue weighted by Gasteiger charge is -2.27. The van der Waals surface area contributed by atoms with Crippen LogP contribution in [-0.4, -0.2) is 23.8 Å². The van der Waals surface area contributed by atoms with Crippen molar-refractivity contribution in [3.05, 3.63) is 94.0 Å².